The number of rotatable bonds is 6. The lowest BCUT2D eigenvalue weighted by molar-refractivity contribution is 0.420. The van der Waals surface area contributed by atoms with Crippen LogP contribution in [0.1, 0.15) is 36.5 Å². The third kappa shape index (κ3) is 3.43. The van der Waals surface area contributed by atoms with Crippen LogP contribution in [-0.2, 0) is 13.0 Å². The Balaban J connectivity index is 1.63. The van der Waals surface area contributed by atoms with Crippen molar-refractivity contribution in [2.24, 2.45) is 0 Å². The zero-order chi connectivity index (χ0) is 15.4. The number of aryl methyl sites for hydroxylation is 1. The minimum Gasteiger partial charge on any atom is -0.439 e. The van der Waals surface area contributed by atoms with Crippen molar-refractivity contribution < 1.29 is 4.42 Å². The van der Waals surface area contributed by atoms with Gasteiger partial charge in [-0.1, -0.05) is 37.3 Å². The van der Waals surface area contributed by atoms with Crippen molar-refractivity contribution >= 4 is 11.3 Å². The van der Waals surface area contributed by atoms with Crippen LogP contribution in [0.25, 0.3) is 11.3 Å². The Bertz CT molecular complexity index is 720. The van der Waals surface area contributed by atoms with Crippen LogP contribution in [0.3, 0.4) is 0 Å². The summed E-state index contributed by atoms with van der Waals surface area (Å²) in [6.07, 6.45) is 2.77. The standard InChI is InChI=1S/C17H19N3OS/c1-3-16-20-14(11-22-16)9-18-12(2)17-19-10-15(21-17)13-7-5-4-6-8-13/h4-8,10-12,18H,3,9H2,1-2H3/t12-/m0/s1. The Kier molecular flexibility index (Phi) is 4.65. The van der Waals surface area contributed by atoms with Gasteiger partial charge in [0.05, 0.1) is 22.9 Å². The van der Waals surface area contributed by atoms with Crippen molar-refractivity contribution in [3.8, 4) is 11.3 Å². The van der Waals surface area contributed by atoms with E-state index in [1.54, 1.807) is 17.5 Å². The number of hydrogen-bond acceptors (Lipinski definition) is 5. The molecular formula is C17H19N3OS. The Hall–Kier alpha value is -1.98. The van der Waals surface area contributed by atoms with Gasteiger partial charge in [-0.15, -0.1) is 11.3 Å². The van der Waals surface area contributed by atoms with Crippen LogP contribution in [0.2, 0.25) is 0 Å². The average Bonchev–Trinajstić information content (AvgIpc) is 3.22. The van der Waals surface area contributed by atoms with Gasteiger partial charge >= 0.3 is 0 Å². The van der Waals surface area contributed by atoms with Crippen LogP contribution < -0.4 is 5.32 Å². The molecule has 3 aromatic rings. The van der Waals surface area contributed by atoms with E-state index in [9.17, 15) is 0 Å². The molecule has 5 heteroatoms. The van der Waals surface area contributed by atoms with Gasteiger partial charge in [0.2, 0.25) is 5.89 Å². The maximum Gasteiger partial charge on any atom is 0.211 e. The van der Waals surface area contributed by atoms with Crippen molar-refractivity contribution in [2.45, 2.75) is 32.9 Å². The molecule has 4 nitrogen and oxygen atoms in total. The summed E-state index contributed by atoms with van der Waals surface area (Å²) >= 11 is 1.71. The molecule has 3 rings (SSSR count). The highest BCUT2D eigenvalue weighted by atomic mass is 32.1. The van der Waals surface area contributed by atoms with Gasteiger partial charge < -0.3 is 9.73 Å². The SMILES string of the molecule is CCc1nc(CN[C@@H](C)c2ncc(-c3ccccc3)o2)cs1. The van der Waals surface area contributed by atoms with E-state index >= 15 is 0 Å². The van der Waals surface area contributed by atoms with Gasteiger partial charge in [-0.05, 0) is 13.3 Å². The number of benzene rings is 1. The lowest BCUT2D eigenvalue weighted by Crippen LogP contribution is -2.18. The fraction of sp³-hybridized carbons (Fsp3) is 0.294. The first-order chi connectivity index (χ1) is 10.8. The summed E-state index contributed by atoms with van der Waals surface area (Å²) in [5.41, 5.74) is 2.11. The third-order valence-electron chi connectivity index (χ3n) is 3.44. The molecule has 0 unspecified atom stereocenters. The molecule has 0 aliphatic heterocycles. The summed E-state index contributed by atoms with van der Waals surface area (Å²) in [6, 6.07) is 10.1. The fourth-order valence-electron chi connectivity index (χ4n) is 2.16. The fourth-order valence-corrected chi connectivity index (χ4v) is 2.91. The van der Waals surface area contributed by atoms with Crippen molar-refractivity contribution in [1.29, 1.82) is 0 Å². The maximum atomic E-state index is 5.85. The lowest BCUT2D eigenvalue weighted by atomic mass is 10.2. The minimum absolute atomic E-state index is 0.0456. The summed E-state index contributed by atoms with van der Waals surface area (Å²) in [6.45, 7) is 4.89. The van der Waals surface area contributed by atoms with Gasteiger partial charge in [0.1, 0.15) is 0 Å². The normalized spacial score (nSPS) is 12.5. The first-order valence-electron chi connectivity index (χ1n) is 7.44. The topological polar surface area (TPSA) is 51.0 Å². The highest BCUT2D eigenvalue weighted by Crippen LogP contribution is 2.23. The molecule has 0 aliphatic rings. The predicted molar refractivity (Wildman–Crippen MR) is 88.7 cm³/mol. The molecule has 114 valence electrons. The molecule has 0 spiro atoms. The number of aromatic nitrogens is 2. The van der Waals surface area contributed by atoms with E-state index in [2.05, 4.69) is 27.6 Å². The molecule has 0 aliphatic carbocycles. The van der Waals surface area contributed by atoms with Crippen molar-refractivity contribution in [1.82, 2.24) is 15.3 Å². The minimum atomic E-state index is 0.0456. The Labute approximate surface area is 134 Å². The molecule has 0 amide bonds. The van der Waals surface area contributed by atoms with Crippen LogP contribution in [0.5, 0.6) is 0 Å². The zero-order valence-electron chi connectivity index (χ0n) is 12.7. The number of hydrogen-bond donors (Lipinski definition) is 1. The largest absolute Gasteiger partial charge is 0.439 e. The molecule has 22 heavy (non-hydrogen) atoms. The summed E-state index contributed by atoms with van der Waals surface area (Å²) < 4.78 is 5.85. The summed E-state index contributed by atoms with van der Waals surface area (Å²) in [7, 11) is 0. The van der Waals surface area contributed by atoms with Gasteiger partial charge in [-0.25, -0.2) is 9.97 Å². The van der Waals surface area contributed by atoms with E-state index in [0.29, 0.717) is 5.89 Å². The van der Waals surface area contributed by atoms with E-state index in [0.717, 1.165) is 30.0 Å². The summed E-state index contributed by atoms with van der Waals surface area (Å²) in [5, 5.41) is 6.68. The van der Waals surface area contributed by atoms with E-state index in [4.69, 9.17) is 4.42 Å². The van der Waals surface area contributed by atoms with E-state index in [1.165, 1.54) is 5.01 Å². The Morgan fingerprint density at radius 1 is 1.27 bits per heavy atom. The molecule has 0 saturated heterocycles. The second-order valence-corrected chi connectivity index (χ2v) is 6.06. The number of oxazole rings is 1. The summed E-state index contributed by atoms with van der Waals surface area (Å²) in [5.74, 6) is 1.50. The van der Waals surface area contributed by atoms with Crippen LogP contribution in [0, 0.1) is 0 Å². The molecule has 2 heterocycles. The molecule has 0 radical (unpaired) electrons. The van der Waals surface area contributed by atoms with Gasteiger partial charge in [0, 0.05) is 17.5 Å². The number of thiazole rings is 1. The third-order valence-corrected chi connectivity index (χ3v) is 4.49. The Morgan fingerprint density at radius 3 is 2.82 bits per heavy atom. The lowest BCUT2D eigenvalue weighted by Gasteiger charge is -2.08. The molecule has 2 aromatic heterocycles. The average molecular weight is 313 g/mol. The smallest absolute Gasteiger partial charge is 0.211 e. The van der Waals surface area contributed by atoms with Crippen molar-refractivity contribution in [3.63, 3.8) is 0 Å². The molecular weight excluding hydrogens is 294 g/mol. The summed E-state index contributed by atoms with van der Waals surface area (Å²) in [4.78, 5) is 8.93. The van der Waals surface area contributed by atoms with E-state index in [1.807, 2.05) is 37.3 Å². The first-order valence-corrected chi connectivity index (χ1v) is 8.32. The quantitative estimate of drug-likeness (QED) is 0.740. The van der Waals surface area contributed by atoms with Crippen molar-refractivity contribution in [2.75, 3.05) is 0 Å². The molecule has 1 N–H and O–H groups in total. The molecule has 0 bridgehead atoms. The zero-order valence-corrected chi connectivity index (χ0v) is 13.6. The van der Waals surface area contributed by atoms with E-state index < -0.39 is 0 Å². The predicted octanol–water partition coefficient (Wildman–Crippen LogP) is 4.21. The number of nitrogens with one attached hydrogen (secondary N) is 1. The molecule has 1 atom stereocenters. The van der Waals surface area contributed by atoms with Crippen LogP contribution >= 0.6 is 11.3 Å². The van der Waals surface area contributed by atoms with Crippen molar-refractivity contribution in [3.05, 3.63) is 58.5 Å². The van der Waals surface area contributed by atoms with Crippen LogP contribution in [-0.4, -0.2) is 9.97 Å². The van der Waals surface area contributed by atoms with E-state index in [-0.39, 0.29) is 6.04 Å². The van der Waals surface area contributed by atoms with Gasteiger partial charge in [0.15, 0.2) is 5.76 Å². The second-order valence-electron chi connectivity index (χ2n) is 5.12. The molecule has 0 fully saturated rings. The van der Waals surface area contributed by atoms with Gasteiger partial charge in [0.25, 0.3) is 0 Å². The maximum absolute atomic E-state index is 5.85. The highest BCUT2D eigenvalue weighted by Gasteiger charge is 2.13. The second kappa shape index (κ2) is 6.85. The van der Waals surface area contributed by atoms with Gasteiger partial charge in [-0.2, -0.15) is 0 Å². The Morgan fingerprint density at radius 2 is 2.09 bits per heavy atom. The van der Waals surface area contributed by atoms with Crippen LogP contribution in [0.15, 0.2) is 46.3 Å². The highest BCUT2D eigenvalue weighted by molar-refractivity contribution is 7.09. The van der Waals surface area contributed by atoms with Crippen LogP contribution in [0.4, 0.5) is 0 Å². The monoisotopic (exact) mass is 313 g/mol. The van der Waals surface area contributed by atoms with Gasteiger partial charge in [-0.3, -0.25) is 0 Å². The molecule has 0 saturated carbocycles. The first kappa shape index (κ1) is 14.9. The molecule has 1 aromatic carbocycles. The number of nitrogens with zero attached hydrogens (tertiary/aromatic N) is 2.